The average Bonchev–Trinajstić information content (AvgIpc) is 2.16. The summed E-state index contributed by atoms with van der Waals surface area (Å²) in [5.74, 6) is 0.455. The number of likely N-dealkylation sites (N-methyl/N-ethyl adjacent to an activating group) is 1. The van der Waals surface area contributed by atoms with Gasteiger partial charge in [-0.1, -0.05) is 12.1 Å². The van der Waals surface area contributed by atoms with Crippen LogP contribution >= 0.6 is 0 Å². The highest BCUT2D eigenvalue weighted by atomic mass is 16.5. The van der Waals surface area contributed by atoms with Crippen molar-refractivity contribution in [3.05, 3.63) is 24.3 Å². The molecule has 2 N–H and O–H groups in total. The molecule has 14 heavy (non-hydrogen) atoms. The minimum atomic E-state index is -0.0896. The maximum Gasteiger partial charge on any atom is 0.259 e. The first-order valence-corrected chi connectivity index (χ1v) is 4.28. The summed E-state index contributed by atoms with van der Waals surface area (Å²) in [6, 6.07) is 7.09. The highest BCUT2D eigenvalue weighted by Gasteiger charge is 2.05. The summed E-state index contributed by atoms with van der Waals surface area (Å²) in [6.45, 7) is 0.0151. The Labute approximate surface area is 83.3 Å². The van der Waals surface area contributed by atoms with E-state index in [-0.39, 0.29) is 12.5 Å². The van der Waals surface area contributed by atoms with Gasteiger partial charge in [-0.15, -0.1) is 0 Å². The molecule has 0 saturated heterocycles. The second-order valence-corrected chi connectivity index (χ2v) is 3.11. The van der Waals surface area contributed by atoms with Crippen LogP contribution in [0.25, 0.3) is 0 Å². The van der Waals surface area contributed by atoms with Gasteiger partial charge in [0.1, 0.15) is 5.75 Å². The van der Waals surface area contributed by atoms with Crippen molar-refractivity contribution < 1.29 is 9.53 Å². The van der Waals surface area contributed by atoms with Gasteiger partial charge in [-0.05, 0) is 12.1 Å². The zero-order valence-corrected chi connectivity index (χ0v) is 8.36. The van der Waals surface area contributed by atoms with Crippen LogP contribution in [0.1, 0.15) is 0 Å². The average molecular weight is 194 g/mol. The van der Waals surface area contributed by atoms with Gasteiger partial charge in [0.2, 0.25) is 0 Å². The van der Waals surface area contributed by atoms with E-state index in [0.29, 0.717) is 11.4 Å². The van der Waals surface area contributed by atoms with Gasteiger partial charge in [0.25, 0.3) is 5.91 Å². The van der Waals surface area contributed by atoms with Crippen molar-refractivity contribution in [2.24, 2.45) is 0 Å². The fourth-order valence-corrected chi connectivity index (χ4v) is 0.881. The fourth-order valence-electron chi connectivity index (χ4n) is 0.881. The van der Waals surface area contributed by atoms with E-state index >= 15 is 0 Å². The molecule has 0 atom stereocenters. The second kappa shape index (κ2) is 4.50. The van der Waals surface area contributed by atoms with Crippen LogP contribution in [0.4, 0.5) is 5.69 Å². The zero-order valence-electron chi connectivity index (χ0n) is 8.36. The number of para-hydroxylation sites is 2. The van der Waals surface area contributed by atoms with Crippen molar-refractivity contribution in [1.29, 1.82) is 0 Å². The highest BCUT2D eigenvalue weighted by Crippen LogP contribution is 2.19. The van der Waals surface area contributed by atoms with Crippen molar-refractivity contribution >= 4 is 11.6 Å². The molecule has 1 aromatic rings. The second-order valence-electron chi connectivity index (χ2n) is 3.11. The maximum absolute atomic E-state index is 11.2. The highest BCUT2D eigenvalue weighted by molar-refractivity contribution is 5.77. The molecular formula is C10H14N2O2. The number of ether oxygens (including phenoxy) is 1. The van der Waals surface area contributed by atoms with Gasteiger partial charge in [0.15, 0.2) is 6.61 Å². The Morgan fingerprint density at radius 3 is 2.64 bits per heavy atom. The third kappa shape index (κ3) is 2.65. The van der Waals surface area contributed by atoms with E-state index in [1.807, 2.05) is 12.1 Å². The van der Waals surface area contributed by atoms with E-state index in [1.165, 1.54) is 4.90 Å². The van der Waals surface area contributed by atoms with Crippen LogP contribution in [0.3, 0.4) is 0 Å². The minimum Gasteiger partial charge on any atom is -0.482 e. The largest absolute Gasteiger partial charge is 0.482 e. The number of nitrogen functional groups attached to an aromatic ring is 1. The third-order valence-electron chi connectivity index (χ3n) is 1.77. The molecule has 0 spiro atoms. The van der Waals surface area contributed by atoms with Crippen LogP contribution < -0.4 is 10.5 Å². The maximum atomic E-state index is 11.2. The van der Waals surface area contributed by atoms with Gasteiger partial charge in [0.05, 0.1) is 5.69 Å². The number of anilines is 1. The molecule has 0 aliphatic carbocycles. The number of rotatable bonds is 3. The number of hydrogen-bond acceptors (Lipinski definition) is 3. The molecule has 0 fully saturated rings. The molecule has 0 unspecified atom stereocenters. The molecule has 0 heterocycles. The quantitative estimate of drug-likeness (QED) is 0.722. The van der Waals surface area contributed by atoms with Gasteiger partial charge >= 0.3 is 0 Å². The van der Waals surface area contributed by atoms with Gasteiger partial charge in [-0.2, -0.15) is 0 Å². The number of carbonyl (C=O) groups is 1. The van der Waals surface area contributed by atoms with E-state index < -0.39 is 0 Å². The first kappa shape index (κ1) is 10.4. The number of amides is 1. The zero-order chi connectivity index (χ0) is 10.6. The Morgan fingerprint density at radius 2 is 2.07 bits per heavy atom. The minimum absolute atomic E-state index is 0.0151. The van der Waals surface area contributed by atoms with E-state index in [9.17, 15) is 4.79 Å². The molecule has 0 radical (unpaired) electrons. The molecule has 4 nitrogen and oxygen atoms in total. The van der Waals surface area contributed by atoms with E-state index in [1.54, 1.807) is 26.2 Å². The molecule has 0 aliphatic heterocycles. The molecule has 1 rings (SSSR count). The van der Waals surface area contributed by atoms with Crippen LogP contribution in [0.15, 0.2) is 24.3 Å². The number of carbonyl (C=O) groups excluding carboxylic acids is 1. The van der Waals surface area contributed by atoms with Crippen molar-refractivity contribution in [3.63, 3.8) is 0 Å². The molecule has 4 heteroatoms. The van der Waals surface area contributed by atoms with E-state index in [0.717, 1.165) is 0 Å². The summed E-state index contributed by atoms with van der Waals surface area (Å²) in [5.41, 5.74) is 6.17. The third-order valence-corrected chi connectivity index (χ3v) is 1.77. The van der Waals surface area contributed by atoms with Crippen LogP contribution in [0.2, 0.25) is 0 Å². The fraction of sp³-hybridized carbons (Fsp3) is 0.300. The van der Waals surface area contributed by atoms with Crippen molar-refractivity contribution in [3.8, 4) is 5.75 Å². The van der Waals surface area contributed by atoms with Gasteiger partial charge in [-0.25, -0.2) is 0 Å². The first-order valence-electron chi connectivity index (χ1n) is 4.28. The standard InChI is InChI=1S/C10H14N2O2/c1-12(2)10(13)7-14-9-6-4-3-5-8(9)11/h3-6H,7,11H2,1-2H3. The Morgan fingerprint density at radius 1 is 1.43 bits per heavy atom. The lowest BCUT2D eigenvalue weighted by Gasteiger charge is -2.12. The number of nitrogens with two attached hydrogens (primary N) is 1. The number of benzene rings is 1. The SMILES string of the molecule is CN(C)C(=O)COc1ccccc1N. The predicted octanol–water partition coefficient (Wildman–Crippen LogP) is 0.736. The molecule has 0 aromatic heterocycles. The van der Waals surface area contributed by atoms with Crippen molar-refractivity contribution in [1.82, 2.24) is 4.90 Å². The van der Waals surface area contributed by atoms with Crippen molar-refractivity contribution in [2.45, 2.75) is 0 Å². The Balaban J connectivity index is 2.54. The summed E-state index contributed by atoms with van der Waals surface area (Å²) >= 11 is 0. The monoisotopic (exact) mass is 194 g/mol. The van der Waals surface area contributed by atoms with E-state index in [2.05, 4.69) is 0 Å². The van der Waals surface area contributed by atoms with Gasteiger partial charge < -0.3 is 15.4 Å². The molecule has 0 saturated carbocycles. The van der Waals surface area contributed by atoms with Crippen LogP contribution in [-0.2, 0) is 4.79 Å². The first-order chi connectivity index (χ1) is 6.61. The Bertz CT molecular complexity index is 324. The lowest BCUT2D eigenvalue weighted by atomic mass is 10.3. The van der Waals surface area contributed by atoms with Crippen LogP contribution in [0.5, 0.6) is 5.75 Å². The van der Waals surface area contributed by atoms with Gasteiger partial charge in [0, 0.05) is 14.1 Å². The molecular weight excluding hydrogens is 180 g/mol. The van der Waals surface area contributed by atoms with E-state index in [4.69, 9.17) is 10.5 Å². The summed E-state index contributed by atoms with van der Waals surface area (Å²) < 4.78 is 5.24. The van der Waals surface area contributed by atoms with Crippen LogP contribution in [-0.4, -0.2) is 31.5 Å². The molecule has 76 valence electrons. The van der Waals surface area contributed by atoms with Crippen molar-refractivity contribution in [2.75, 3.05) is 26.4 Å². The van der Waals surface area contributed by atoms with Crippen LogP contribution in [0, 0.1) is 0 Å². The lowest BCUT2D eigenvalue weighted by Crippen LogP contribution is -2.27. The topological polar surface area (TPSA) is 55.6 Å². The summed E-state index contributed by atoms with van der Waals surface area (Å²) in [6.07, 6.45) is 0. The lowest BCUT2D eigenvalue weighted by molar-refractivity contribution is -0.130. The Kier molecular flexibility index (Phi) is 3.34. The molecule has 1 amide bonds. The predicted molar refractivity (Wildman–Crippen MR) is 55.0 cm³/mol. The summed E-state index contributed by atoms with van der Waals surface area (Å²) in [4.78, 5) is 12.7. The smallest absolute Gasteiger partial charge is 0.259 e. The Hall–Kier alpha value is -1.71. The molecule has 0 aliphatic rings. The normalized spacial score (nSPS) is 9.57. The number of nitrogens with zero attached hydrogens (tertiary/aromatic N) is 1. The molecule has 0 bridgehead atoms. The molecule has 1 aromatic carbocycles. The summed E-state index contributed by atoms with van der Waals surface area (Å²) in [7, 11) is 3.36. The number of hydrogen-bond donors (Lipinski definition) is 1. The van der Waals surface area contributed by atoms with Gasteiger partial charge in [-0.3, -0.25) is 4.79 Å². The summed E-state index contributed by atoms with van der Waals surface area (Å²) in [5, 5.41) is 0.